The molecule has 4 N–H and O–H groups in total. The van der Waals surface area contributed by atoms with E-state index < -0.39 is 12.1 Å². The van der Waals surface area contributed by atoms with Crippen LogP contribution in [0.3, 0.4) is 0 Å². The van der Waals surface area contributed by atoms with Gasteiger partial charge in [-0.15, -0.1) is 12.4 Å². The van der Waals surface area contributed by atoms with Crippen LogP contribution in [0.15, 0.2) is 24.3 Å². The Balaban J connectivity index is 0.00000324. The van der Waals surface area contributed by atoms with E-state index in [2.05, 4.69) is 5.32 Å². The predicted octanol–water partition coefficient (Wildman–Crippen LogP) is 1.55. The van der Waals surface area contributed by atoms with Crippen LogP contribution in [-0.2, 0) is 4.79 Å². The summed E-state index contributed by atoms with van der Waals surface area (Å²) in [4.78, 5) is 11.7. The number of hydrogen-bond acceptors (Lipinski definition) is 3. The Kier molecular flexibility index (Phi) is 7.68. The number of halogens is 1. The van der Waals surface area contributed by atoms with E-state index >= 15 is 0 Å². The molecule has 0 radical (unpaired) electrons. The molecule has 1 aromatic carbocycles. The smallest absolute Gasteiger partial charge is 0.237 e. The number of amides is 1. The summed E-state index contributed by atoms with van der Waals surface area (Å²) in [6.45, 7) is 5.90. The molecule has 4 nitrogen and oxygen atoms in total. The third kappa shape index (κ3) is 5.19. The standard InChI is InChI=1S/C14H22N2O2.ClH/c1-9(2)13(15)14(18)16-8-12(17)11-7-5-4-6-10(11)3;/h4-7,9,12-13,17H,8,15H2,1-3H3,(H,16,18);1H/t12?,13-;/m0./s1. The van der Waals surface area contributed by atoms with Crippen molar-refractivity contribution in [2.75, 3.05) is 6.54 Å². The molecule has 0 aliphatic heterocycles. The van der Waals surface area contributed by atoms with Crippen LogP contribution in [-0.4, -0.2) is 23.6 Å². The lowest BCUT2D eigenvalue weighted by atomic mass is 10.0. The van der Waals surface area contributed by atoms with Crippen molar-refractivity contribution in [3.63, 3.8) is 0 Å². The zero-order chi connectivity index (χ0) is 13.7. The van der Waals surface area contributed by atoms with Gasteiger partial charge in [0.05, 0.1) is 12.1 Å². The van der Waals surface area contributed by atoms with E-state index in [-0.39, 0.29) is 30.8 Å². The number of aliphatic hydroxyl groups is 1. The number of carbonyl (C=O) groups excluding carboxylic acids is 1. The molecule has 1 unspecified atom stereocenters. The Morgan fingerprint density at radius 2 is 1.95 bits per heavy atom. The third-order valence-electron chi connectivity index (χ3n) is 3.04. The summed E-state index contributed by atoms with van der Waals surface area (Å²) in [5.41, 5.74) is 7.56. The molecule has 0 saturated heterocycles. The van der Waals surface area contributed by atoms with E-state index in [1.165, 1.54) is 0 Å². The van der Waals surface area contributed by atoms with Gasteiger partial charge in [-0.1, -0.05) is 38.1 Å². The van der Waals surface area contributed by atoms with Crippen molar-refractivity contribution < 1.29 is 9.90 Å². The van der Waals surface area contributed by atoms with E-state index in [1.807, 2.05) is 45.0 Å². The molecule has 0 aromatic heterocycles. The fourth-order valence-corrected chi connectivity index (χ4v) is 1.69. The maximum Gasteiger partial charge on any atom is 0.237 e. The lowest BCUT2D eigenvalue weighted by Crippen LogP contribution is -2.45. The monoisotopic (exact) mass is 286 g/mol. The van der Waals surface area contributed by atoms with Crippen LogP contribution in [0, 0.1) is 12.8 Å². The zero-order valence-corrected chi connectivity index (χ0v) is 12.4. The van der Waals surface area contributed by atoms with Crippen molar-refractivity contribution in [2.45, 2.75) is 32.9 Å². The summed E-state index contributed by atoms with van der Waals surface area (Å²) < 4.78 is 0. The Bertz CT molecular complexity index is 410. The van der Waals surface area contributed by atoms with Crippen LogP contribution < -0.4 is 11.1 Å². The maximum absolute atomic E-state index is 11.7. The SMILES string of the molecule is Cc1ccccc1C(O)CNC(=O)[C@@H](N)C(C)C.Cl. The van der Waals surface area contributed by atoms with Crippen molar-refractivity contribution in [1.29, 1.82) is 0 Å². The van der Waals surface area contributed by atoms with Gasteiger partial charge in [0.15, 0.2) is 0 Å². The fourth-order valence-electron chi connectivity index (χ4n) is 1.69. The lowest BCUT2D eigenvalue weighted by molar-refractivity contribution is -0.123. The number of rotatable bonds is 5. The fraction of sp³-hybridized carbons (Fsp3) is 0.500. The molecule has 2 atom stereocenters. The number of nitrogens with two attached hydrogens (primary N) is 1. The van der Waals surface area contributed by atoms with Gasteiger partial charge in [0.2, 0.25) is 5.91 Å². The van der Waals surface area contributed by atoms with Crippen molar-refractivity contribution in [1.82, 2.24) is 5.32 Å². The molecule has 0 saturated carbocycles. The molecule has 1 amide bonds. The number of aliphatic hydroxyl groups excluding tert-OH is 1. The van der Waals surface area contributed by atoms with Gasteiger partial charge in [-0.05, 0) is 24.0 Å². The molecule has 108 valence electrons. The van der Waals surface area contributed by atoms with Crippen molar-refractivity contribution >= 4 is 18.3 Å². The molecular formula is C14H23ClN2O2. The Labute approximate surface area is 120 Å². The molecule has 0 spiro atoms. The average molecular weight is 287 g/mol. The first-order valence-electron chi connectivity index (χ1n) is 6.20. The normalized spacial score (nSPS) is 13.6. The van der Waals surface area contributed by atoms with Gasteiger partial charge in [0.1, 0.15) is 0 Å². The molecule has 0 aliphatic rings. The first-order valence-corrected chi connectivity index (χ1v) is 6.20. The van der Waals surface area contributed by atoms with Crippen LogP contribution in [0.2, 0.25) is 0 Å². The number of carbonyl (C=O) groups is 1. The van der Waals surface area contributed by atoms with E-state index in [9.17, 15) is 9.90 Å². The summed E-state index contributed by atoms with van der Waals surface area (Å²) in [6.07, 6.45) is -0.700. The highest BCUT2D eigenvalue weighted by atomic mass is 35.5. The molecule has 1 rings (SSSR count). The summed E-state index contributed by atoms with van der Waals surface area (Å²) in [6, 6.07) is 7.04. The molecule has 0 fully saturated rings. The van der Waals surface area contributed by atoms with Gasteiger partial charge in [0, 0.05) is 6.54 Å². The number of benzene rings is 1. The average Bonchev–Trinajstić information content (AvgIpc) is 2.35. The quantitative estimate of drug-likeness (QED) is 0.769. The molecular weight excluding hydrogens is 264 g/mol. The Morgan fingerprint density at radius 3 is 2.47 bits per heavy atom. The van der Waals surface area contributed by atoms with E-state index in [0.29, 0.717) is 0 Å². The van der Waals surface area contributed by atoms with Crippen LogP contribution >= 0.6 is 12.4 Å². The van der Waals surface area contributed by atoms with Crippen LogP contribution in [0.1, 0.15) is 31.1 Å². The summed E-state index contributed by atoms with van der Waals surface area (Å²) in [7, 11) is 0. The van der Waals surface area contributed by atoms with Gasteiger partial charge in [-0.2, -0.15) is 0 Å². The van der Waals surface area contributed by atoms with E-state index in [1.54, 1.807) is 0 Å². The lowest BCUT2D eigenvalue weighted by Gasteiger charge is -2.18. The minimum Gasteiger partial charge on any atom is -0.387 e. The molecule has 1 aromatic rings. The van der Waals surface area contributed by atoms with E-state index in [4.69, 9.17) is 5.73 Å². The topological polar surface area (TPSA) is 75.3 Å². The highest BCUT2D eigenvalue weighted by Gasteiger charge is 2.18. The largest absolute Gasteiger partial charge is 0.387 e. The summed E-state index contributed by atoms with van der Waals surface area (Å²) in [5, 5.41) is 12.7. The molecule has 5 heteroatoms. The molecule has 0 bridgehead atoms. The number of aryl methyl sites for hydroxylation is 1. The van der Waals surface area contributed by atoms with E-state index in [0.717, 1.165) is 11.1 Å². The minimum absolute atomic E-state index is 0. The van der Waals surface area contributed by atoms with Crippen molar-refractivity contribution in [3.05, 3.63) is 35.4 Å². The van der Waals surface area contributed by atoms with Crippen molar-refractivity contribution in [3.8, 4) is 0 Å². The molecule has 19 heavy (non-hydrogen) atoms. The van der Waals surface area contributed by atoms with Crippen LogP contribution in [0.25, 0.3) is 0 Å². The second kappa shape index (κ2) is 8.15. The van der Waals surface area contributed by atoms with Crippen LogP contribution in [0.4, 0.5) is 0 Å². The molecule has 0 heterocycles. The van der Waals surface area contributed by atoms with Crippen molar-refractivity contribution in [2.24, 2.45) is 11.7 Å². The van der Waals surface area contributed by atoms with Crippen LogP contribution in [0.5, 0.6) is 0 Å². The number of nitrogens with one attached hydrogen (secondary N) is 1. The second-order valence-corrected chi connectivity index (χ2v) is 4.89. The third-order valence-corrected chi connectivity index (χ3v) is 3.04. The first kappa shape index (κ1) is 17.9. The van der Waals surface area contributed by atoms with Gasteiger partial charge in [-0.25, -0.2) is 0 Å². The minimum atomic E-state index is -0.700. The van der Waals surface area contributed by atoms with Gasteiger partial charge < -0.3 is 16.2 Å². The summed E-state index contributed by atoms with van der Waals surface area (Å²) in [5.74, 6) is -0.141. The Hall–Kier alpha value is -1.10. The first-order chi connectivity index (χ1) is 8.43. The highest BCUT2D eigenvalue weighted by Crippen LogP contribution is 2.16. The molecule has 0 aliphatic carbocycles. The number of hydrogen-bond donors (Lipinski definition) is 3. The Morgan fingerprint density at radius 1 is 1.37 bits per heavy atom. The van der Waals surface area contributed by atoms with Gasteiger partial charge in [-0.3, -0.25) is 4.79 Å². The predicted molar refractivity (Wildman–Crippen MR) is 79.2 cm³/mol. The zero-order valence-electron chi connectivity index (χ0n) is 11.6. The summed E-state index contributed by atoms with van der Waals surface area (Å²) >= 11 is 0. The maximum atomic E-state index is 11.7. The highest BCUT2D eigenvalue weighted by molar-refractivity contribution is 5.85. The van der Waals surface area contributed by atoms with Gasteiger partial charge >= 0.3 is 0 Å². The second-order valence-electron chi connectivity index (χ2n) is 4.89. The van der Waals surface area contributed by atoms with Gasteiger partial charge in [0.25, 0.3) is 0 Å².